The van der Waals surface area contributed by atoms with E-state index in [-0.39, 0.29) is 17.4 Å². The van der Waals surface area contributed by atoms with Crippen molar-refractivity contribution < 1.29 is 37.3 Å². The second kappa shape index (κ2) is 8.94. The number of rotatable bonds is 5. The van der Waals surface area contributed by atoms with Crippen LogP contribution in [0.2, 0.25) is 0 Å². The van der Waals surface area contributed by atoms with Gasteiger partial charge in [0.05, 0.1) is 22.6 Å². The van der Waals surface area contributed by atoms with E-state index in [9.17, 15) is 32.6 Å². The molecule has 1 spiro atoms. The third-order valence-corrected chi connectivity index (χ3v) is 10.3. The van der Waals surface area contributed by atoms with Crippen LogP contribution in [-0.2, 0) is 22.8 Å². The molecule has 41 heavy (non-hydrogen) atoms. The van der Waals surface area contributed by atoms with Crippen molar-refractivity contribution in [1.29, 1.82) is 0 Å². The Morgan fingerprint density at radius 3 is 2.68 bits per heavy atom. The second-order valence-electron chi connectivity index (χ2n) is 12.4. The van der Waals surface area contributed by atoms with Crippen molar-refractivity contribution in [1.82, 2.24) is 9.80 Å². The average molecular weight is 573 g/mol. The number of piperidine rings is 1. The van der Waals surface area contributed by atoms with Crippen molar-refractivity contribution in [3.8, 4) is 11.5 Å². The quantitative estimate of drug-likeness (QED) is 0.403. The van der Waals surface area contributed by atoms with Gasteiger partial charge in [0.1, 0.15) is 11.9 Å². The van der Waals surface area contributed by atoms with Crippen LogP contribution in [0, 0.1) is 11.7 Å². The van der Waals surface area contributed by atoms with E-state index in [2.05, 4.69) is 4.90 Å². The summed E-state index contributed by atoms with van der Waals surface area (Å²) in [6, 6.07) is 5.60. The van der Waals surface area contributed by atoms with Crippen molar-refractivity contribution >= 4 is 12.0 Å². The second-order valence-corrected chi connectivity index (χ2v) is 12.4. The minimum atomic E-state index is -4.80. The van der Waals surface area contributed by atoms with Crippen molar-refractivity contribution in [2.24, 2.45) is 5.92 Å². The molecule has 2 bridgehead atoms. The van der Waals surface area contributed by atoms with Gasteiger partial charge in [-0.3, -0.25) is 9.69 Å². The number of halogens is 4. The number of hydrogen-bond donors (Lipinski definition) is 2. The highest BCUT2D eigenvalue weighted by Gasteiger charge is 2.73. The standard InChI is InChI=1S/C31H32F4N2O4/c1-36(25(39)9-5-17-4-7-20(21(32)14-17)31(33,34)35)22-10-11-30(40)24-15-19-6-8-23(38)27-26(19)29(30,28(22)41-27)12-13-37(24)16-18-2-3-18/h4-9,14,18,22,24,28,38,40H,2-3,10-13,15-16H2,1H3/t22-,24+,28-,29-,30+/m0/s1. The molecule has 3 fully saturated rings. The molecule has 2 N–H and O–H groups in total. The number of amides is 1. The molecular formula is C31H32F4N2O4. The molecule has 0 radical (unpaired) electrons. The summed E-state index contributed by atoms with van der Waals surface area (Å²) in [4.78, 5) is 17.3. The van der Waals surface area contributed by atoms with E-state index in [4.69, 9.17) is 4.74 Å². The molecular weight excluding hydrogens is 540 g/mol. The number of ether oxygens (including phenoxy) is 1. The molecule has 2 aliphatic heterocycles. The molecule has 2 saturated carbocycles. The summed E-state index contributed by atoms with van der Waals surface area (Å²) in [5.41, 5.74) is -1.15. The van der Waals surface area contributed by atoms with E-state index in [1.165, 1.54) is 25.0 Å². The van der Waals surface area contributed by atoms with Gasteiger partial charge in [-0.25, -0.2) is 4.39 Å². The molecule has 0 unspecified atom stereocenters. The lowest BCUT2D eigenvalue weighted by Crippen LogP contribution is -2.78. The number of nitrogens with zero attached hydrogens (tertiary/aromatic N) is 2. The Kier molecular flexibility index (Phi) is 5.84. The van der Waals surface area contributed by atoms with Crippen LogP contribution in [0.4, 0.5) is 17.6 Å². The topological polar surface area (TPSA) is 73.2 Å². The zero-order chi connectivity index (χ0) is 28.9. The molecule has 2 aromatic carbocycles. The van der Waals surface area contributed by atoms with Crippen LogP contribution in [0.3, 0.4) is 0 Å². The molecule has 2 aromatic rings. The fraction of sp³-hybridized carbons (Fsp3) is 0.516. The van der Waals surface area contributed by atoms with Gasteiger partial charge in [-0.15, -0.1) is 0 Å². The van der Waals surface area contributed by atoms with E-state index in [0.717, 1.165) is 36.3 Å². The van der Waals surface area contributed by atoms with Gasteiger partial charge in [0.2, 0.25) is 5.91 Å². The van der Waals surface area contributed by atoms with Crippen LogP contribution in [0.25, 0.3) is 6.08 Å². The Morgan fingerprint density at radius 2 is 1.98 bits per heavy atom. The predicted molar refractivity (Wildman–Crippen MR) is 142 cm³/mol. The van der Waals surface area contributed by atoms with E-state index in [1.54, 1.807) is 18.0 Å². The van der Waals surface area contributed by atoms with Crippen molar-refractivity contribution in [2.75, 3.05) is 20.1 Å². The first kappa shape index (κ1) is 26.8. The molecule has 1 saturated heterocycles. The number of benzene rings is 2. The third-order valence-electron chi connectivity index (χ3n) is 10.3. The summed E-state index contributed by atoms with van der Waals surface area (Å²) in [6.45, 7) is 1.76. The largest absolute Gasteiger partial charge is 0.504 e. The number of carbonyl (C=O) groups is 1. The van der Waals surface area contributed by atoms with Crippen LogP contribution in [0.1, 0.15) is 54.4 Å². The zero-order valence-corrected chi connectivity index (χ0v) is 22.6. The van der Waals surface area contributed by atoms with E-state index < -0.39 is 46.6 Å². The molecule has 218 valence electrons. The van der Waals surface area contributed by atoms with Gasteiger partial charge in [0, 0.05) is 31.3 Å². The Balaban J connectivity index is 1.19. The van der Waals surface area contributed by atoms with Gasteiger partial charge in [-0.05, 0) is 86.4 Å². The van der Waals surface area contributed by atoms with Gasteiger partial charge in [-0.1, -0.05) is 12.1 Å². The highest BCUT2D eigenvalue weighted by Crippen LogP contribution is 2.66. The lowest BCUT2D eigenvalue weighted by atomic mass is 9.48. The molecule has 10 heteroatoms. The first-order valence-corrected chi connectivity index (χ1v) is 14.2. The van der Waals surface area contributed by atoms with Crippen LogP contribution >= 0.6 is 0 Å². The first-order valence-electron chi connectivity index (χ1n) is 14.2. The SMILES string of the molecule is CN(C(=O)C=Cc1ccc(C(F)(F)F)c(F)c1)[C@H]1CC[C@@]2(O)[C@H]3Cc4ccc(O)c5c4[C@@]2(CCN3CC2CC2)[C@H]1O5. The molecule has 1 amide bonds. The Hall–Kier alpha value is -3.11. The number of aliphatic hydroxyl groups is 1. The monoisotopic (exact) mass is 572 g/mol. The van der Waals surface area contributed by atoms with E-state index in [0.29, 0.717) is 43.4 Å². The van der Waals surface area contributed by atoms with Gasteiger partial charge < -0.3 is 19.8 Å². The summed E-state index contributed by atoms with van der Waals surface area (Å²) in [6.07, 6.45) is 1.81. The van der Waals surface area contributed by atoms with Gasteiger partial charge in [0.15, 0.2) is 11.5 Å². The highest BCUT2D eigenvalue weighted by atomic mass is 19.4. The molecule has 3 aliphatic carbocycles. The molecule has 2 heterocycles. The van der Waals surface area contributed by atoms with Gasteiger partial charge >= 0.3 is 6.18 Å². The maximum Gasteiger partial charge on any atom is 0.419 e. The minimum absolute atomic E-state index is 0.0192. The van der Waals surface area contributed by atoms with Crippen LogP contribution in [0.5, 0.6) is 11.5 Å². The zero-order valence-electron chi connectivity index (χ0n) is 22.6. The fourth-order valence-corrected chi connectivity index (χ4v) is 8.17. The van der Waals surface area contributed by atoms with Crippen LogP contribution in [-0.4, -0.2) is 69.8 Å². The Bertz CT molecular complexity index is 1460. The molecule has 0 aromatic heterocycles. The number of aromatic hydroxyl groups is 1. The third kappa shape index (κ3) is 3.86. The minimum Gasteiger partial charge on any atom is -0.504 e. The summed E-state index contributed by atoms with van der Waals surface area (Å²) >= 11 is 0. The highest BCUT2D eigenvalue weighted by molar-refractivity contribution is 5.92. The van der Waals surface area contributed by atoms with Crippen molar-refractivity contribution in [3.63, 3.8) is 0 Å². The van der Waals surface area contributed by atoms with E-state index >= 15 is 0 Å². The number of hydrogen-bond acceptors (Lipinski definition) is 5. The van der Waals surface area contributed by atoms with Crippen LogP contribution in [0.15, 0.2) is 36.4 Å². The first-order chi connectivity index (χ1) is 19.4. The molecule has 5 aliphatic rings. The smallest absolute Gasteiger partial charge is 0.419 e. The number of likely N-dealkylation sites (tertiary alicyclic amines) is 1. The molecule has 5 atom stereocenters. The lowest BCUT2D eigenvalue weighted by molar-refractivity contribution is -0.200. The number of phenols is 1. The van der Waals surface area contributed by atoms with Gasteiger partial charge in [-0.2, -0.15) is 13.2 Å². The lowest BCUT2D eigenvalue weighted by Gasteiger charge is -2.64. The predicted octanol–water partition coefficient (Wildman–Crippen LogP) is 4.65. The van der Waals surface area contributed by atoms with Gasteiger partial charge in [0.25, 0.3) is 0 Å². The summed E-state index contributed by atoms with van der Waals surface area (Å²) in [7, 11) is 1.64. The Morgan fingerprint density at radius 1 is 1.20 bits per heavy atom. The maximum atomic E-state index is 14.0. The molecule has 6 nitrogen and oxygen atoms in total. The number of phenolic OH excluding ortho intramolecular Hbond substituents is 1. The summed E-state index contributed by atoms with van der Waals surface area (Å²) in [5.74, 6) is -0.738. The number of alkyl halides is 3. The maximum absolute atomic E-state index is 14.0. The Labute approximate surface area is 235 Å². The van der Waals surface area contributed by atoms with Crippen molar-refractivity contribution in [3.05, 3.63) is 64.5 Å². The molecule has 7 rings (SSSR count). The summed E-state index contributed by atoms with van der Waals surface area (Å²) < 4.78 is 59.3. The summed E-state index contributed by atoms with van der Waals surface area (Å²) in [5, 5.41) is 23.4. The number of carbonyl (C=O) groups excluding carboxylic acids is 1. The van der Waals surface area contributed by atoms with E-state index in [1.807, 2.05) is 6.07 Å². The fourth-order valence-electron chi connectivity index (χ4n) is 8.17. The van der Waals surface area contributed by atoms with Crippen LogP contribution < -0.4 is 4.74 Å². The normalized spacial score (nSPS) is 32.1. The average Bonchev–Trinajstić information content (AvgIpc) is 3.66. The van der Waals surface area contributed by atoms with Crippen molar-refractivity contribution in [2.45, 2.75) is 73.9 Å². The number of likely N-dealkylation sites (N-methyl/N-ethyl adjacent to an activating group) is 1.